The van der Waals surface area contributed by atoms with Gasteiger partial charge in [-0.25, -0.2) is 8.42 Å². The van der Waals surface area contributed by atoms with Gasteiger partial charge in [0.1, 0.15) is 5.75 Å². The van der Waals surface area contributed by atoms with E-state index in [0.717, 1.165) is 12.8 Å². The summed E-state index contributed by atoms with van der Waals surface area (Å²) < 4.78 is 33.1. The number of hydrogen-bond acceptors (Lipinski definition) is 4. The highest BCUT2D eigenvalue weighted by atomic mass is 35.5. The van der Waals surface area contributed by atoms with Crippen LogP contribution in [0.15, 0.2) is 53.4 Å². The van der Waals surface area contributed by atoms with Gasteiger partial charge in [0.05, 0.1) is 22.4 Å². The number of amides is 1. The molecule has 1 amide bonds. The second-order valence-electron chi connectivity index (χ2n) is 8.16. The minimum absolute atomic E-state index is 0.0135. The van der Waals surface area contributed by atoms with Gasteiger partial charge in [-0.2, -0.15) is 4.31 Å². The van der Waals surface area contributed by atoms with E-state index < -0.39 is 10.0 Å². The molecular formula is C24H31ClN2O4S. The van der Waals surface area contributed by atoms with Gasteiger partial charge >= 0.3 is 0 Å². The molecule has 174 valence electrons. The number of rotatable bonds is 9. The third-order valence-corrected chi connectivity index (χ3v) is 7.85. The SMILES string of the molecule is CCOc1ccc(S(=O)(=O)N2CCC[C@@H](C(=O)N[C@@H](C)CCc3ccccc3)C2)cc1Cl. The van der Waals surface area contributed by atoms with Gasteiger partial charge in [-0.05, 0) is 63.3 Å². The number of hydrogen-bond donors (Lipinski definition) is 1. The standard InChI is InChI=1S/C24H31ClN2O4S/c1-3-31-23-14-13-21(16-22(23)25)32(29,30)27-15-7-10-20(17-27)24(28)26-18(2)11-12-19-8-5-4-6-9-19/h4-6,8-9,13-14,16,18,20H,3,7,10-12,15,17H2,1-2H3,(H,26,28)/t18-,20+/m0/s1. The van der Waals surface area contributed by atoms with E-state index in [1.165, 1.54) is 22.0 Å². The third kappa shape index (κ3) is 6.24. The summed E-state index contributed by atoms with van der Waals surface area (Å²) in [5.74, 6) is -0.000404. The Hall–Kier alpha value is -2.09. The Morgan fingerprint density at radius 1 is 1.25 bits per heavy atom. The highest BCUT2D eigenvalue weighted by Crippen LogP contribution is 2.30. The molecular weight excluding hydrogens is 448 g/mol. The van der Waals surface area contributed by atoms with Crippen molar-refractivity contribution in [2.75, 3.05) is 19.7 Å². The molecule has 6 nitrogen and oxygen atoms in total. The molecule has 2 aromatic carbocycles. The van der Waals surface area contributed by atoms with Crippen molar-refractivity contribution in [1.29, 1.82) is 0 Å². The molecule has 8 heteroatoms. The zero-order chi connectivity index (χ0) is 23.1. The number of carbonyl (C=O) groups is 1. The smallest absolute Gasteiger partial charge is 0.243 e. The number of carbonyl (C=O) groups excluding carboxylic acids is 1. The van der Waals surface area contributed by atoms with E-state index >= 15 is 0 Å². The molecule has 32 heavy (non-hydrogen) atoms. The van der Waals surface area contributed by atoms with Crippen molar-refractivity contribution < 1.29 is 17.9 Å². The highest BCUT2D eigenvalue weighted by Gasteiger charge is 2.34. The maximum absolute atomic E-state index is 13.2. The Balaban J connectivity index is 1.60. The van der Waals surface area contributed by atoms with Crippen LogP contribution in [0.3, 0.4) is 0 Å². The van der Waals surface area contributed by atoms with E-state index in [2.05, 4.69) is 17.4 Å². The van der Waals surface area contributed by atoms with E-state index in [-0.39, 0.29) is 34.3 Å². The summed E-state index contributed by atoms with van der Waals surface area (Å²) in [6.07, 6.45) is 3.02. The molecule has 2 aromatic rings. The Morgan fingerprint density at radius 3 is 2.69 bits per heavy atom. The Labute approximate surface area is 196 Å². The maximum Gasteiger partial charge on any atom is 0.243 e. The van der Waals surface area contributed by atoms with Gasteiger partial charge in [-0.3, -0.25) is 4.79 Å². The van der Waals surface area contributed by atoms with Crippen molar-refractivity contribution in [3.8, 4) is 5.75 Å². The second-order valence-corrected chi connectivity index (χ2v) is 10.5. The summed E-state index contributed by atoms with van der Waals surface area (Å²) >= 11 is 6.19. The van der Waals surface area contributed by atoms with E-state index in [1.54, 1.807) is 6.07 Å². The van der Waals surface area contributed by atoms with Crippen molar-refractivity contribution in [3.63, 3.8) is 0 Å². The fraction of sp³-hybridized carbons (Fsp3) is 0.458. The van der Waals surface area contributed by atoms with Crippen molar-refractivity contribution in [3.05, 3.63) is 59.1 Å². The lowest BCUT2D eigenvalue weighted by atomic mass is 9.98. The lowest BCUT2D eigenvalue weighted by molar-refractivity contribution is -0.126. The molecule has 0 aliphatic carbocycles. The van der Waals surface area contributed by atoms with E-state index in [4.69, 9.17) is 16.3 Å². The Morgan fingerprint density at radius 2 is 2.00 bits per heavy atom. The topological polar surface area (TPSA) is 75.7 Å². The summed E-state index contributed by atoms with van der Waals surface area (Å²) in [7, 11) is -3.74. The molecule has 0 spiro atoms. The molecule has 3 rings (SSSR count). The van der Waals surface area contributed by atoms with Crippen molar-refractivity contribution in [1.82, 2.24) is 9.62 Å². The molecule has 0 saturated carbocycles. The van der Waals surface area contributed by atoms with Crippen LogP contribution < -0.4 is 10.1 Å². The molecule has 2 atom stereocenters. The van der Waals surface area contributed by atoms with Crippen LogP contribution in [0.25, 0.3) is 0 Å². The first-order valence-electron chi connectivity index (χ1n) is 11.1. The zero-order valence-corrected chi connectivity index (χ0v) is 20.2. The molecule has 1 N–H and O–H groups in total. The fourth-order valence-corrected chi connectivity index (χ4v) is 5.75. The number of ether oxygens (including phenoxy) is 1. The lowest BCUT2D eigenvalue weighted by Crippen LogP contribution is -2.47. The first-order valence-corrected chi connectivity index (χ1v) is 12.9. The van der Waals surface area contributed by atoms with Crippen LogP contribution in [0.4, 0.5) is 0 Å². The average Bonchev–Trinajstić information content (AvgIpc) is 2.80. The molecule has 0 unspecified atom stereocenters. The van der Waals surface area contributed by atoms with Crippen LogP contribution in [-0.4, -0.2) is 44.4 Å². The lowest BCUT2D eigenvalue weighted by Gasteiger charge is -2.32. The molecule has 1 aliphatic heterocycles. The first kappa shape index (κ1) is 24.6. The largest absolute Gasteiger partial charge is 0.492 e. The maximum atomic E-state index is 13.2. The van der Waals surface area contributed by atoms with Gasteiger partial charge in [-0.1, -0.05) is 41.9 Å². The minimum Gasteiger partial charge on any atom is -0.492 e. The zero-order valence-electron chi connectivity index (χ0n) is 18.6. The number of piperidine rings is 1. The summed E-state index contributed by atoms with van der Waals surface area (Å²) in [6, 6.07) is 14.6. The van der Waals surface area contributed by atoms with Crippen LogP contribution in [0.1, 0.15) is 38.7 Å². The van der Waals surface area contributed by atoms with E-state index in [1.807, 2.05) is 32.0 Å². The van der Waals surface area contributed by atoms with Crippen molar-refractivity contribution in [2.45, 2.75) is 50.5 Å². The van der Waals surface area contributed by atoms with Gasteiger partial charge < -0.3 is 10.1 Å². The van der Waals surface area contributed by atoms with E-state index in [9.17, 15) is 13.2 Å². The van der Waals surface area contributed by atoms with Crippen molar-refractivity contribution >= 4 is 27.5 Å². The number of nitrogens with zero attached hydrogens (tertiary/aromatic N) is 1. The van der Waals surface area contributed by atoms with E-state index in [0.29, 0.717) is 31.7 Å². The van der Waals surface area contributed by atoms with Gasteiger partial charge in [0.15, 0.2) is 0 Å². The summed E-state index contributed by atoms with van der Waals surface area (Å²) in [5.41, 5.74) is 1.23. The number of aryl methyl sites for hydroxylation is 1. The van der Waals surface area contributed by atoms with Gasteiger partial charge in [-0.15, -0.1) is 0 Å². The van der Waals surface area contributed by atoms with Crippen LogP contribution in [-0.2, 0) is 21.2 Å². The van der Waals surface area contributed by atoms with Crippen LogP contribution >= 0.6 is 11.6 Å². The number of nitrogens with one attached hydrogen (secondary N) is 1. The van der Waals surface area contributed by atoms with Crippen LogP contribution in [0, 0.1) is 5.92 Å². The molecule has 1 aliphatic rings. The predicted octanol–water partition coefficient (Wildman–Crippen LogP) is 4.28. The molecule has 1 heterocycles. The third-order valence-electron chi connectivity index (χ3n) is 5.69. The first-order chi connectivity index (χ1) is 15.3. The number of sulfonamides is 1. The van der Waals surface area contributed by atoms with Crippen LogP contribution in [0.5, 0.6) is 5.75 Å². The quantitative estimate of drug-likeness (QED) is 0.583. The average molecular weight is 479 g/mol. The highest BCUT2D eigenvalue weighted by molar-refractivity contribution is 7.89. The fourth-order valence-electron chi connectivity index (χ4n) is 3.90. The van der Waals surface area contributed by atoms with Gasteiger partial charge in [0.2, 0.25) is 15.9 Å². The Bertz CT molecular complexity index is 1010. The van der Waals surface area contributed by atoms with Crippen molar-refractivity contribution in [2.24, 2.45) is 5.92 Å². The number of halogens is 1. The molecule has 1 fully saturated rings. The summed E-state index contributed by atoms with van der Waals surface area (Å²) in [6.45, 7) is 4.83. The van der Waals surface area contributed by atoms with Gasteiger partial charge in [0, 0.05) is 19.1 Å². The monoisotopic (exact) mass is 478 g/mol. The predicted molar refractivity (Wildman–Crippen MR) is 126 cm³/mol. The number of benzene rings is 2. The molecule has 0 radical (unpaired) electrons. The molecule has 0 bridgehead atoms. The summed E-state index contributed by atoms with van der Waals surface area (Å²) in [5, 5.41) is 3.32. The molecule has 0 aromatic heterocycles. The Kier molecular flexibility index (Phi) is 8.57. The van der Waals surface area contributed by atoms with Crippen LogP contribution in [0.2, 0.25) is 5.02 Å². The van der Waals surface area contributed by atoms with Gasteiger partial charge in [0.25, 0.3) is 0 Å². The summed E-state index contributed by atoms with van der Waals surface area (Å²) in [4.78, 5) is 12.9. The minimum atomic E-state index is -3.74. The second kappa shape index (κ2) is 11.2. The normalized spacial score (nSPS) is 18.2. The molecule has 1 saturated heterocycles.